The molecule has 4 bridgehead atoms. The Bertz CT molecular complexity index is 2050. The molecule has 0 aromatic heterocycles. The van der Waals surface area contributed by atoms with Crippen LogP contribution < -0.4 is 58.4 Å². The van der Waals surface area contributed by atoms with E-state index in [-0.39, 0.29) is 52.4 Å². The van der Waals surface area contributed by atoms with Crippen LogP contribution in [-0.4, -0.2) is 106 Å². The molecule has 0 spiro atoms. The molecule has 0 saturated heterocycles. The summed E-state index contributed by atoms with van der Waals surface area (Å²) in [5.41, 5.74) is 27.2. The Hall–Kier alpha value is -5.75. The predicted octanol–water partition coefficient (Wildman–Crippen LogP) is 2.22. The first kappa shape index (κ1) is 49.9. The van der Waals surface area contributed by atoms with Gasteiger partial charge in [-0.1, -0.05) is 44.7 Å². The van der Waals surface area contributed by atoms with Gasteiger partial charge in [0.15, 0.2) is 0 Å². The van der Waals surface area contributed by atoms with E-state index in [4.69, 9.17) is 37.1 Å². The largest absolute Gasteiger partial charge is 0.493 e. The first-order valence-corrected chi connectivity index (χ1v) is 21.8. The molecule has 0 fully saturated rings. The summed E-state index contributed by atoms with van der Waals surface area (Å²) in [7, 11) is 1.45. The Morgan fingerprint density at radius 1 is 0.778 bits per heavy atom. The third kappa shape index (κ3) is 13.4. The minimum atomic E-state index is -1.36. The number of nitrogens with two attached hydrogens (primary N) is 4. The summed E-state index contributed by atoms with van der Waals surface area (Å²) >= 11 is 0. The Morgan fingerprint density at radius 3 is 2.06 bits per heavy atom. The molecule has 0 radical (unpaired) electrons. The fourth-order valence-electron chi connectivity index (χ4n) is 7.43. The van der Waals surface area contributed by atoms with Crippen molar-refractivity contribution in [3.8, 4) is 28.4 Å². The van der Waals surface area contributed by atoms with Crippen LogP contribution >= 0.6 is 0 Å². The summed E-state index contributed by atoms with van der Waals surface area (Å²) in [4.78, 5) is 71.2. The number of nitrogens with one attached hydrogen (secondary N) is 4. The van der Waals surface area contributed by atoms with Gasteiger partial charge in [0.05, 0.1) is 13.3 Å². The third-order valence-electron chi connectivity index (χ3n) is 11.0. The van der Waals surface area contributed by atoms with Gasteiger partial charge in [0.25, 0.3) is 5.91 Å². The second-order valence-corrected chi connectivity index (χ2v) is 15.7. The SMILES string of the molecule is CCCCCCCOc1ccc(C(=O)N[C@@H](CCN)C(=O)N(C)[C@@H]2C(=O)N[C@@H](C)C(=O)N[C@H](C(=O)NCN)Cc3ccc(OCCN)c(c3)-c3cc2ccc3OCCN)c(C)c1C. The van der Waals surface area contributed by atoms with Crippen LogP contribution in [-0.2, 0) is 25.6 Å². The molecule has 5 amide bonds. The molecule has 1 heterocycles. The summed E-state index contributed by atoms with van der Waals surface area (Å²) in [6.07, 6.45) is 5.64. The first-order chi connectivity index (χ1) is 30.3. The van der Waals surface area contributed by atoms with Crippen LogP contribution in [0.5, 0.6) is 17.2 Å². The molecule has 12 N–H and O–H groups in total. The average Bonchev–Trinajstić information content (AvgIpc) is 3.26. The van der Waals surface area contributed by atoms with Gasteiger partial charge < -0.3 is 63.3 Å². The summed E-state index contributed by atoms with van der Waals surface area (Å²) in [6.45, 7) is 8.56. The van der Waals surface area contributed by atoms with Gasteiger partial charge in [0, 0.05) is 43.2 Å². The first-order valence-electron chi connectivity index (χ1n) is 21.8. The van der Waals surface area contributed by atoms with Gasteiger partial charge in [-0.25, -0.2) is 0 Å². The van der Waals surface area contributed by atoms with Gasteiger partial charge in [-0.2, -0.15) is 0 Å². The zero-order valence-corrected chi connectivity index (χ0v) is 37.4. The molecule has 0 aliphatic carbocycles. The number of benzene rings is 3. The van der Waals surface area contributed by atoms with Crippen molar-refractivity contribution < 1.29 is 38.2 Å². The van der Waals surface area contributed by atoms with Crippen molar-refractivity contribution in [2.24, 2.45) is 22.9 Å². The van der Waals surface area contributed by atoms with Crippen molar-refractivity contribution >= 4 is 29.5 Å². The van der Waals surface area contributed by atoms with Crippen LogP contribution in [0, 0.1) is 13.8 Å². The van der Waals surface area contributed by atoms with Crippen LogP contribution in [0.4, 0.5) is 0 Å². The highest BCUT2D eigenvalue weighted by Crippen LogP contribution is 2.40. The van der Waals surface area contributed by atoms with Crippen LogP contribution in [0.3, 0.4) is 0 Å². The lowest BCUT2D eigenvalue weighted by Gasteiger charge is -2.32. The lowest BCUT2D eigenvalue weighted by molar-refractivity contribution is -0.141. The van der Waals surface area contributed by atoms with Crippen molar-refractivity contribution in [1.29, 1.82) is 0 Å². The monoisotopic (exact) mass is 874 g/mol. The van der Waals surface area contributed by atoms with E-state index < -0.39 is 53.7 Å². The zero-order valence-electron chi connectivity index (χ0n) is 37.4. The van der Waals surface area contributed by atoms with Crippen LogP contribution in [0.15, 0.2) is 48.5 Å². The van der Waals surface area contributed by atoms with E-state index in [1.165, 1.54) is 25.3 Å². The van der Waals surface area contributed by atoms with E-state index in [2.05, 4.69) is 28.2 Å². The number of rotatable bonds is 21. The highest BCUT2D eigenvalue weighted by atomic mass is 16.5. The minimum absolute atomic E-state index is 0.0415. The van der Waals surface area contributed by atoms with E-state index in [1.54, 1.807) is 48.5 Å². The Kier molecular flexibility index (Phi) is 19.6. The summed E-state index contributed by atoms with van der Waals surface area (Å²) in [5.74, 6) is -1.48. The molecule has 1 aliphatic heterocycles. The predicted molar refractivity (Wildman–Crippen MR) is 242 cm³/mol. The molecule has 63 heavy (non-hydrogen) atoms. The topological polar surface area (TPSA) is 268 Å². The molecule has 344 valence electrons. The van der Waals surface area contributed by atoms with Gasteiger partial charge in [-0.3, -0.25) is 24.0 Å². The van der Waals surface area contributed by atoms with E-state index in [1.807, 2.05) is 13.8 Å². The fraction of sp³-hybridized carbons (Fsp3) is 0.500. The Morgan fingerprint density at radius 2 is 1.41 bits per heavy atom. The summed E-state index contributed by atoms with van der Waals surface area (Å²) in [6, 6.07) is 9.03. The highest BCUT2D eigenvalue weighted by Gasteiger charge is 2.36. The highest BCUT2D eigenvalue weighted by molar-refractivity contribution is 6.00. The van der Waals surface area contributed by atoms with Crippen molar-refractivity contribution in [3.63, 3.8) is 0 Å². The number of carbonyl (C=O) groups is 5. The fourth-order valence-corrected chi connectivity index (χ4v) is 7.43. The maximum Gasteiger partial charge on any atom is 0.252 e. The lowest BCUT2D eigenvalue weighted by Crippen LogP contribution is -2.56. The number of likely N-dealkylation sites (N-methyl/N-ethyl adjacent to an activating group) is 1. The number of ether oxygens (including phenoxy) is 3. The second kappa shape index (κ2) is 24.8. The van der Waals surface area contributed by atoms with E-state index in [9.17, 15) is 24.0 Å². The molecule has 17 heteroatoms. The van der Waals surface area contributed by atoms with Crippen LogP contribution in [0.1, 0.15) is 91.0 Å². The van der Waals surface area contributed by atoms with Crippen LogP contribution in [0.25, 0.3) is 11.1 Å². The smallest absolute Gasteiger partial charge is 0.252 e. The van der Waals surface area contributed by atoms with E-state index in [0.29, 0.717) is 57.2 Å². The molecule has 17 nitrogen and oxygen atoms in total. The number of hydrogen-bond donors (Lipinski definition) is 8. The molecule has 3 aromatic rings. The maximum absolute atomic E-state index is 14.6. The second-order valence-electron chi connectivity index (χ2n) is 15.7. The van der Waals surface area contributed by atoms with E-state index in [0.717, 1.165) is 31.2 Å². The molecule has 0 unspecified atom stereocenters. The normalized spacial score (nSPS) is 16.7. The molecular formula is C46H67N9O8. The Labute approximate surface area is 370 Å². The van der Waals surface area contributed by atoms with Gasteiger partial charge >= 0.3 is 0 Å². The Balaban J connectivity index is 1.77. The lowest BCUT2D eigenvalue weighted by atomic mass is 9.93. The molecule has 4 rings (SSSR count). The molecule has 1 aliphatic rings. The molecule has 4 atom stereocenters. The minimum Gasteiger partial charge on any atom is -0.493 e. The van der Waals surface area contributed by atoms with Crippen molar-refractivity contribution in [2.75, 3.05) is 53.2 Å². The summed E-state index contributed by atoms with van der Waals surface area (Å²) < 4.78 is 18.3. The number of amides is 5. The van der Waals surface area contributed by atoms with Gasteiger partial charge in [-0.05, 0) is 98.8 Å². The molecular weight excluding hydrogens is 807 g/mol. The van der Waals surface area contributed by atoms with Gasteiger partial charge in [-0.15, -0.1) is 0 Å². The molecule has 0 saturated carbocycles. The van der Waals surface area contributed by atoms with Gasteiger partial charge in [0.2, 0.25) is 23.6 Å². The zero-order chi connectivity index (χ0) is 46.1. The quantitative estimate of drug-likeness (QED) is 0.0566. The third-order valence-corrected chi connectivity index (χ3v) is 11.0. The number of fused-ring (bicyclic) bond motifs is 5. The number of unbranched alkanes of at least 4 members (excludes halogenated alkanes) is 4. The molecule has 3 aromatic carbocycles. The van der Waals surface area contributed by atoms with Crippen molar-refractivity contribution in [2.45, 2.75) is 96.8 Å². The van der Waals surface area contributed by atoms with Crippen LogP contribution in [0.2, 0.25) is 0 Å². The van der Waals surface area contributed by atoms with Crippen molar-refractivity contribution in [1.82, 2.24) is 26.2 Å². The van der Waals surface area contributed by atoms with E-state index >= 15 is 0 Å². The van der Waals surface area contributed by atoms with Crippen molar-refractivity contribution in [3.05, 3.63) is 76.3 Å². The maximum atomic E-state index is 14.6. The number of carbonyl (C=O) groups excluding carboxylic acids is 5. The summed E-state index contributed by atoms with van der Waals surface area (Å²) in [5, 5.41) is 10.9. The van der Waals surface area contributed by atoms with Gasteiger partial charge in [0.1, 0.15) is 54.6 Å². The average molecular weight is 874 g/mol. The standard InChI is InChI=1S/C46H67N9O8/c1-6-7-8-9-10-21-61-38-16-13-33(28(2)29(38)3)43(57)53-36(17-18-47)46(60)55(5)41-32-12-15-40(63-23-20-49)35(26-32)34-24-31(11-14-39(34)62-22-19-48)25-37(44(58)51-27-50)54-42(56)30(4)52-45(41)59/h11-16,24,26,30,36-37,41H,6-10,17-23,25,27,47-50H2,1-5H3,(H,51,58)(H,52,59)(H,53,57)(H,54,56)/t30-,36-,37-,41-/m0/s1. The number of nitrogens with zero attached hydrogens (tertiary/aromatic N) is 1. The number of hydrogen-bond acceptors (Lipinski definition) is 12.